The van der Waals surface area contributed by atoms with Crippen molar-refractivity contribution in [2.24, 2.45) is 17.3 Å². The highest BCUT2D eigenvalue weighted by Crippen LogP contribution is 2.59. The summed E-state index contributed by atoms with van der Waals surface area (Å²) in [6.45, 7) is 2.09. The van der Waals surface area contributed by atoms with Crippen molar-refractivity contribution < 1.29 is 28.8 Å². The highest BCUT2D eigenvalue weighted by Gasteiger charge is 2.63. The van der Waals surface area contributed by atoms with Crippen molar-refractivity contribution in [1.29, 1.82) is 0 Å². The highest BCUT2D eigenvalue weighted by atomic mass is 16.4. The zero-order valence-corrected chi connectivity index (χ0v) is 28.4. The molecular weight excluding hydrogens is 572 g/mol. The molecule has 2 N–H and O–H groups in total. The summed E-state index contributed by atoms with van der Waals surface area (Å²) in [4.78, 5) is 24.9. The molecule has 0 amide bonds. The van der Waals surface area contributed by atoms with E-state index in [-0.39, 0.29) is 18.3 Å². The van der Waals surface area contributed by atoms with Gasteiger partial charge in [-0.1, -0.05) is 86.3 Å². The number of carboxylic acids is 2. The van der Waals surface area contributed by atoms with Crippen LogP contribution in [0.25, 0.3) is 0 Å². The van der Waals surface area contributed by atoms with Gasteiger partial charge in [-0.2, -0.15) is 0 Å². The minimum atomic E-state index is -0.723. The molecule has 6 heteroatoms. The third-order valence-corrected chi connectivity index (χ3v) is 13.8. The summed E-state index contributed by atoms with van der Waals surface area (Å²) >= 11 is 0. The van der Waals surface area contributed by atoms with Gasteiger partial charge in [-0.05, 0) is 24.7 Å². The van der Waals surface area contributed by atoms with Crippen LogP contribution in [0.15, 0.2) is 60.7 Å². The second kappa shape index (κ2) is 13.8. The molecule has 4 bridgehead atoms. The monoisotopic (exact) mass is 630 g/mol. The molecule has 6 rings (SSSR count). The highest BCUT2D eigenvalue weighted by molar-refractivity contribution is 5.75. The van der Waals surface area contributed by atoms with Crippen molar-refractivity contribution in [2.45, 2.75) is 134 Å². The number of fused-ring (bicyclic) bond motifs is 4. The minimum Gasteiger partial charge on any atom is -0.481 e. The molecule has 6 nitrogen and oxygen atoms in total. The van der Waals surface area contributed by atoms with Crippen LogP contribution in [0, 0.1) is 17.3 Å². The number of carboxylic acid groups (broad SMARTS) is 2. The fraction of sp³-hybridized carbons (Fsp3) is 0.650. The molecule has 0 aromatic heterocycles. The summed E-state index contributed by atoms with van der Waals surface area (Å²) < 4.78 is 2.14. The lowest BCUT2D eigenvalue weighted by atomic mass is 9.56. The molecule has 4 atom stereocenters. The van der Waals surface area contributed by atoms with Crippen LogP contribution in [0.4, 0.5) is 0 Å². The molecule has 0 radical (unpaired) electrons. The first kappa shape index (κ1) is 33.2. The van der Waals surface area contributed by atoms with Crippen molar-refractivity contribution in [3.8, 4) is 0 Å². The van der Waals surface area contributed by atoms with Crippen molar-refractivity contribution in [3.63, 3.8) is 0 Å². The second-order valence-corrected chi connectivity index (χ2v) is 16.1. The van der Waals surface area contributed by atoms with E-state index in [1.54, 1.807) is 0 Å². The molecule has 2 aromatic rings. The quantitative estimate of drug-likeness (QED) is 0.154. The number of quaternary nitrogens is 2. The maximum atomic E-state index is 14.0. The summed E-state index contributed by atoms with van der Waals surface area (Å²) in [5, 5.41) is 20.5. The maximum absolute atomic E-state index is 14.0. The predicted octanol–water partition coefficient (Wildman–Crippen LogP) is 8.05. The van der Waals surface area contributed by atoms with E-state index < -0.39 is 17.4 Å². The summed E-state index contributed by atoms with van der Waals surface area (Å²) in [6, 6.07) is 23.9. The van der Waals surface area contributed by atoms with E-state index in [1.807, 2.05) is 0 Å². The molecule has 4 fully saturated rings. The first-order chi connectivity index (χ1) is 22.1. The van der Waals surface area contributed by atoms with Gasteiger partial charge in [-0.25, -0.2) is 0 Å². The lowest BCUT2D eigenvalue weighted by Gasteiger charge is -2.55. The predicted molar refractivity (Wildman–Crippen MR) is 182 cm³/mol. The Bertz CT molecular complexity index is 1220. The third-order valence-electron chi connectivity index (χ3n) is 13.8. The van der Waals surface area contributed by atoms with Gasteiger partial charge in [0.25, 0.3) is 0 Å². The second-order valence-electron chi connectivity index (χ2n) is 16.1. The summed E-state index contributed by atoms with van der Waals surface area (Å²) in [6.07, 6.45) is 14.6. The van der Waals surface area contributed by atoms with E-state index in [1.165, 1.54) is 36.8 Å². The van der Waals surface area contributed by atoms with Crippen LogP contribution >= 0.6 is 0 Å². The lowest BCUT2D eigenvalue weighted by molar-refractivity contribution is -0.963. The fourth-order valence-corrected chi connectivity index (χ4v) is 11.2. The topological polar surface area (TPSA) is 74.6 Å². The summed E-state index contributed by atoms with van der Waals surface area (Å²) in [7, 11) is 4.91. The molecule has 46 heavy (non-hydrogen) atoms. The zero-order chi connectivity index (χ0) is 32.4. The number of piperidine rings is 2. The van der Waals surface area contributed by atoms with Gasteiger partial charge in [-0.15, -0.1) is 0 Å². The van der Waals surface area contributed by atoms with Gasteiger partial charge < -0.3 is 19.2 Å². The van der Waals surface area contributed by atoms with Crippen molar-refractivity contribution >= 4 is 11.9 Å². The minimum absolute atomic E-state index is 0.229. The molecule has 4 heterocycles. The van der Waals surface area contributed by atoms with Crippen LogP contribution in [-0.4, -0.2) is 69.4 Å². The number of hydrogen-bond donors (Lipinski definition) is 2. The molecule has 250 valence electrons. The SMILES string of the molecule is C[N+]1(Cc2ccccc2)C2CCC1CC(C(CCCCCCCC(=O)O)(C(=O)O)C1CC3CCC(C1)[N+]3(C)Cc1ccccc1)C2. The first-order valence-corrected chi connectivity index (χ1v) is 18.4. The average molecular weight is 631 g/mol. The molecule has 4 unspecified atom stereocenters. The van der Waals surface area contributed by atoms with Crippen molar-refractivity contribution in [2.75, 3.05) is 14.1 Å². The zero-order valence-electron chi connectivity index (χ0n) is 28.4. The molecule has 0 spiro atoms. The number of unbranched alkanes of at least 4 members (excludes halogenated alkanes) is 4. The van der Waals surface area contributed by atoms with Gasteiger partial charge >= 0.3 is 11.9 Å². The molecule has 4 aliphatic heterocycles. The molecule has 0 aliphatic carbocycles. The molecule has 0 saturated carbocycles. The molecule has 2 aromatic carbocycles. The van der Waals surface area contributed by atoms with Gasteiger partial charge in [0.1, 0.15) is 13.1 Å². The summed E-state index contributed by atoms with van der Waals surface area (Å²) in [5.41, 5.74) is 2.12. The number of benzene rings is 2. The van der Waals surface area contributed by atoms with Crippen molar-refractivity contribution in [3.05, 3.63) is 71.8 Å². The summed E-state index contributed by atoms with van der Waals surface area (Å²) in [5.74, 6) is -0.789. The van der Waals surface area contributed by atoms with E-state index in [4.69, 9.17) is 5.11 Å². The Morgan fingerprint density at radius 2 is 1.02 bits per heavy atom. The van der Waals surface area contributed by atoms with Crippen LogP contribution in [0.5, 0.6) is 0 Å². The average Bonchev–Trinajstić information content (AvgIpc) is 3.27. The number of hydrogen-bond acceptors (Lipinski definition) is 2. The number of aliphatic carboxylic acids is 2. The normalized spacial score (nSPS) is 34.7. The third kappa shape index (κ3) is 6.41. The Balaban J connectivity index is 1.23. The van der Waals surface area contributed by atoms with E-state index in [0.717, 1.165) is 79.8 Å². The van der Waals surface area contributed by atoms with Gasteiger partial charge in [0.2, 0.25) is 0 Å². The number of rotatable bonds is 15. The largest absolute Gasteiger partial charge is 0.481 e. The van der Waals surface area contributed by atoms with E-state index >= 15 is 0 Å². The number of nitrogens with zero attached hydrogens (tertiary/aromatic N) is 2. The number of carbonyl (C=O) groups is 2. The maximum Gasteiger partial charge on any atom is 0.310 e. The fourth-order valence-electron chi connectivity index (χ4n) is 11.2. The van der Waals surface area contributed by atoms with Gasteiger partial charge in [0, 0.05) is 68.9 Å². The Morgan fingerprint density at radius 3 is 1.41 bits per heavy atom. The Hall–Kier alpha value is -2.70. The van der Waals surface area contributed by atoms with Gasteiger partial charge in [0.05, 0.1) is 43.7 Å². The molecular formula is C40H58N2O4+2. The van der Waals surface area contributed by atoms with Gasteiger partial charge in [0.15, 0.2) is 0 Å². The lowest BCUT2D eigenvalue weighted by Crippen LogP contribution is -2.63. The Morgan fingerprint density at radius 1 is 0.630 bits per heavy atom. The van der Waals surface area contributed by atoms with E-state index in [9.17, 15) is 14.7 Å². The van der Waals surface area contributed by atoms with Crippen LogP contribution in [0.3, 0.4) is 0 Å². The Labute approximate surface area is 277 Å². The standard InChI is InChI=1S/C40H56N2O4/c1-41(28-30-14-8-6-9-15-30)34-19-20-35(41)25-32(24-34)40(39(45)46,23-13-5-3-4-12-18-38(43)44)33-26-36-21-22-37(27-33)42(36,2)29-31-16-10-7-11-17-31/h6-11,14-17,32-37H,3-5,12-13,18-29H2,1-2H3/p+2. The first-order valence-electron chi connectivity index (χ1n) is 18.4. The molecule has 4 saturated heterocycles. The van der Waals surface area contributed by atoms with Crippen LogP contribution in [0.1, 0.15) is 107 Å². The van der Waals surface area contributed by atoms with E-state index in [2.05, 4.69) is 74.8 Å². The van der Waals surface area contributed by atoms with Gasteiger partial charge in [-0.3, -0.25) is 9.59 Å². The molecule has 4 aliphatic rings. The Kier molecular flexibility index (Phi) is 9.97. The van der Waals surface area contributed by atoms with Crippen LogP contribution in [0.2, 0.25) is 0 Å². The van der Waals surface area contributed by atoms with E-state index in [0.29, 0.717) is 30.6 Å². The van der Waals surface area contributed by atoms with Crippen LogP contribution in [-0.2, 0) is 22.7 Å². The van der Waals surface area contributed by atoms with Crippen molar-refractivity contribution in [1.82, 2.24) is 0 Å². The smallest absolute Gasteiger partial charge is 0.310 e. The van der Waals surface area contributed by atoms with Crippen LogP contribution < -0.4 is 0 Å².